The first-order valence-corrected chi connectivity index (χ1v) is 9.81. The van der Waals surface area contributed by atoms with E-state index in [9.17, 15) is 9.90 Å². The van der Waals surface area contributed by atoms with Crippen LogP contribution in [-0.4, -0.2) is 32.2 Å². The quantitative estimate of drug-likeness (QED) is 0.509. The van der Waals surface area contributed by atoms with Gasteiger partial charge in [-0.2, -0.15) is 0 Å². The van der Waals surface area contributed by atoms with Gasteiger partial charge in [-0.15, -0.1) is 0 Å². The van der Waals surface area contributed by atoms with Crippen molar-refractivity contribution in [3.05, 3.63) is 47.8 Å². The molecule has 0 heterocycles. The highest BCUT2D eigenvalue weighted by Crippen LogP contribution is 2.44. The van der Waals surface area contributed by atoms with Crippen LogP contribution in [0.5, 0.6) is 17.2 Å². The number of methoxy groups -OCH3 is 3. The third-order valence-corrected chi connectivity index (χ3v) is 6.76. The summed E-state index contributed by atoms with van der Waals surface area (Å²) in [5, 5.41) is 9.52. The van der Waals surface area contributed by atoms with Gasteiger partial charge in [0.1, 0.15) is 5.75 Å². The van der Waals surface area contributed by atoms with E-state index in [0.717, 1.165) is 0 Å². The first-order chi connectivity index (χ1) is 12.3. The molecule has 0 aromatic heterocycles. The summed E-state index contributed by atoms with van der Waals surface area (Å²) in [6.45, 7) is 1.61. The highest BCUT2D eigenvalue weighted by molar-refractivity contribution is 9.13. The molecular weight excluding hydrogens is 536 g/mol. The lowest BCUT2D eigenvalue weighted by Gasteiger charge is -2.18. The minimum Gasteiger partial charge on any atom is -0.495 e. The van der Waals surface area contributed by atoms with Crippen molar-refractivity contribution in [1.29, 1.82) is 0 Å². The Labute approximate surface area is 177 Å². The zero-order valence-corrected chi connectivity index (χ0v) is 19.3. The summed E-state index contributed by atoms with van der Waals surface area (Å²) in [6, 6.07) is 3.36. The van der Waals surface area contributed by atoms with E-state index in [0.29, 0.717) is 52.9 Å². The fourth-order valence-corrected chi connectivity index (χ4v) is 4.63. The second-order valence-electron chi connectivity index (χ2n) is 5.35. The molecular formula is C18H17Br3O5. The number of hydrogen-bond acceptors (Lipinski definition) is 5. The fourth-order valence-electron chi connectivity index (χ4n) is 2.67. The number of ketones is 1. The minimum atomic E-state index is -0.231. The lowest BCUT2D eigenvalue weighted by molar-refractivity contribution is 0.103. The molecule has 0 aliphatic rings. The molecule has 8 heteroatoms. The summed E-state index contributed by atoms with van der Waals surface area (Å²) in [4.78, 5) is 13.3. The molecule has 26 heavy (non-hydrogen) atoms. The average molecular weight is 553 g/mol. The number of benzene rings is 2. The van der Waals surface area contributed by atoms with Crippen molar-refractivity contribution >= 4 is 53.6 Å². The van der Waals surface area contributed by atoms with Crippen molar-refractivity contribution in [3.8, 4) is 17.2 Å². The minimum absolute atomic E-state index is 0.192. The first-order valence-electron chi connectivity index (χ1n) is 7.43. The summed E-state index contributed by atoms with van der Waals surface area (Å²) in [5.74, 6) is 1.11. The van der Waals surface area contributed by atoms with Crippen LogP contribution < -0.4 is 14.2 Å². The summed E-state index contributed by atoms with van der Waals surface area (Å²) in [6.07, 6.45) is 0. The number of ether oxygens (including phenoxy) is 3. The zero-order chi connectivity index (χ0) is 19.6. The lowest BCUT2D eigenvalue weighted by atomic mass is 9.96. The van der Waals surface area contributed by atoms with E-state index in [1.165, 1.54) is 21.3 Å². The summed E-state index contributed by atoms with van der Waals surface area (Å²) in [5.41, 5.74) is 2.15. The Hall–Kier alpha value is -1.09. The summed E-state index contributed by atoms with van der Waals surface area (Å²) in [7, 11) is 4.52. The second kappa shape index (κ2) is 8.73. The molecule has 0 spiro atoms. The predicted octanol–water partition coefficient (Wildman–Crippen LogP) is 5.03. The molecule has 0 saturated carbocycles. The topological polar surface area (TPSA) is 65.0 Å². The van der Waals surface area contributed by atoms with Gasteiger partial charge in [-0.1, -0.05) is 0 Å². The third-order valence-electron chi connectivity index (χ3n) is 3.89. The highest BCUT2D eigenvalue weighted by Gasteiger charge is 2.26. The molecule has 0 aliphatic carbocycles. The van der Waals surface area contributed by atoms with Crippen molar-refractivity contribution in [1.82, 2.24) is 0 Å². The van der Waals surface area contributed by atoms with Crippen molar-refractivity contribution in [2.75, 3.05) is 21.3 Å². The van der Waals surface area contributed by atoms with Crippen LogP contribution in [-0.2, 0) is 6.61 Å². The van der Waals surface area contributed by atoms with Gasteiger partial charge in [0.2, 0.25) is 0 Å². The van der Waals surface area contributed by atoms with Crippen LogP contribution in [0.4, 0.5) is 0 Å². The van der Waals surface area contributed by atoms with Gasteiger partial charge in [0.15, 0.2) is 17.3 Å². The number of aliphatic hydroxyl groups is 1. The van der Waals surface area contributed by atoms with E-state index >= 15 is 0 Å². The summed E-state index contributed by atoms with van der Waals surface area (Å²) < 4.78 is 17.7. The van der Waals surface area contributed by atoms with Crippen LogP contribution in [0.15, 0.2) is 25.6 Å². The normalized spacial score (nSPS) is 10.6. The Bertz CT molecular complexity index is 865. The van der Waals surface area contributed by atoms with Crippen molar-refractivity contribution < 1.29 is 24.1 Å². The molecule has 0 aliphatic heterocycles. The molecule has 0 unspecified atom stereocenters. The van der Waals surface area contributed by atoms with Gasteiger partial charge in [-0.05, 0) is 72.4 Å². The Kier molecular flexibility index (Phi) is 7.12. The molecule has 5 nitrogen and oxygen atoms in total. The Morgan fingerprint density at radius 1 is 0.962 bits per heavy atom. The number of aliphatic hydroxyl groups excluding tert-OH is 1. The number of aryl methyl sites for hydroxylation is 1. The fraction of sp³-hybridized carbons (Fsp3) is 0.278. The number of halogens is 3. The number of hydrogen-bond donors (Lipinski definition) is 1. The van der Waals surface area contributed by atoms with Crippen molar-refractivity contribution in [2.45, 2.75) is 13.5 Å². The molecule has 2 rings (SSSR count). The lowest BCUT2D eigenvalue weighted by Crippen LogP contribution is -2.09. The van der Waals surface area contributed by atoms with Gasteiger partial charge < -0.3 is 19.3 Å². The van der Waals surface area contributed by atoms with Gasteiger partial charge in [0.25, 0.3) is 0 Å². The maximum atomic E-state index is 13.3. The van der Waals surface area contributed by atoms with Crippen LogP contribution in [0.3, 0.4) is 0 Å². The molecule has 0 bridgehead atoms. The molecule has 1 N–H and O–H groups in total. The van der Waals surface area contributed by atoms with Gasteiger partial charge in [-0.25, -0.2) is 0 Å². The van der Waals surface area contributed by atoms with Gasteiger partial charge in [0, 0.05) is 21.2 Å². The molecule has 0 radical (unpaired) electrons. The summed E-state index contributed by atoms with van der Waals surface area (Å²) >= 11 is 10.3. The molecule has 2 aromatic rings. The van der Waals surface area contributed by atoms with Gasteiger partial charge >= 0.3 is 0 Å². The van der Waals surface area contributed by atoms with Crippen molar-refractivity contribution in [2.24, 2.45) is 0 Å². The van der Waals surface area contributed by atoms with Crippen LogP contribution >= 0.6 is 47.8 Å². The molecule has 0 fully saturated rings. The molecule has 0 atom stereocenters. The SMILES string of the molecule is COc1cc(C(=O)c2c(C)cc(CO)c(OC)c2Br)c(Br)c(Br)c1OC. The Balaban J connectivity index is 2.73. The highest BCUT2D eigenvalue weighted by atomic mass is 79.9. The van der Waals surface area contributed by atoms with Gasteiger partial charge in [-0.3, -0.25) is 4.79 Å². The van der Waals surface area contributed by atoms with Crippen LogP contribution in [0.2, 0.25) is 0 Å². The third kappa shape index (κ3) is 3.65. The number of carbonyl (C=O) groups excluding carboxylic acids is 1. The van der Waals surface area contributed by atoms with Crippen LogP contribution in [0.25, 0.3) is 0 Å². The molecule has 2 aromatic carbocycles. The molecule has 140 valence electrons. The Morgan fingerprint density at radius 2 is 1.58 bits per heavy atom. The Morgan fingerprint density at radius 3 is 2.08 bits per heavy atom. The second-order valence-corrected chi connectivity index (χ2v) is 7.73. The monoisotopic (exact) mass is 550 g/mol. The largest absolute Gasteiger partial charge is 0.495 e. The van der Waals surface area contributed by atoms with E-state index < -0.39 is 0 Å². The van der Waals surface area contributed by atoms with E-state index in [-0.39, 0.29) is 12.4 Å². The van der Waals surface area contributed by atoms with E-state index in [1.54, 1.807) is 19.1 Å². The average Bonchev–Trinajstić information content (AvgIpc) is 2.62. The maximum Gasteiger partial charge on any atom is 0.195 e. The van der Waals surface area contributed by atoms with E-state index in [4.69, 9.17) is 14.2 Å². The van der Waals surface area contributed by atoms with Crippen LogP contribution in [0, 0.1) is 6.92 Å². The zero-order valence-electron chi connectivity index (χ0n) is 14.6. The number of carbonyl (C=O) groups is 1. The molecule has 0 amide bonds. The maximum absolute atomic E-state index is 13.3. The van der Waals surface area contributed by atoms with E-state index in [1.807, 2.05) is 0 Å². The van der Waals surface area contributed by atoms with Crippen molar-refractivity contribution in [3.63, 3.8) is 0 Å². The first kappa shape index (κ1) is 21.2. The predicted molar refractivity (Wildman–Crippen MR) is 110 cm³/mol. The van der Waals surface area contributed by atoms with E-state index in [2.05, 4.69) is 47.8 Å². The molecule has 0 saturated heterocycles. The standard InChI is InChI=1S/C18H17Br3O5/c1-8-5-9(7-22)17(25-3)14(20)12(8)16(23)10-6-11(24-2)18(26-4)15(21)13(10)19/h5-6,22H,7H2,1-4H3. The van der Waals surface area contributed by atoms with Crippen LogP contribution in [0.1, 0.15) is 27.0 Å². The smallest absolute Gasteiger partial charge is 0.195 e. The number of rotatable bonds is 6. The van der Waals surface area contributed by atoms with Gasteiger partial charge in [0.05, 0.1) is 36.9 Å².